The molecule has 0 saturated heterocycles. The molecule has 0 fully saturated rings. The Hall–Kier alpha value is -5.36. The Bertz CT molecular complexity index is 2230. The van der Waals surface area contributed by atoms with E-state index in [0.717, 1.165) is 67.4 Å². The molecule has 46 heavy (non-hydrogen) atoms. The van der Waals surface area contributed by atoms with Crippen molar-refractivity contribution in [2.24, 2.45) is 0 Å². The molecule has 0 aliphatic carbocycles. The van der Waals surface area contributed by atoms with Gasteiger partial charge in [-0.25, -0.2) is 9.67 Å². The fourth-order valence-electron chi connectivity index (χ4n) is 6.29. The summed E-state index contributed by atoms with van der Waals surface area (Å²) in [5.74, 6) is 3.03. The molecule has 0 spiro atoms. The highest BCUT2D eigenvalue weighted by Gasteiger charge is 2.21. The van der Waals surface area contributed by atoms with Gasteiger partial charge in [0.15, 0.2) is 0 Å². The van der Waals surface area contributed by atoms with Crippen LogP contribution in [-0.4, -0.2) is 26.4 Å². The van der Waals surface area contributed by atoms with Crippen molar-refractivity contribution >= 4 is 21.8 Å². The van der Waals surface area contributed by atoms with Crippen LogP contribution in [-0.2, 0) is 5.41 Å². The Morgan fingerprint density at radius 1 is 0.696 bits per heavy atom. The van der Waals surface area contributed by atoms with Gasteiger partial charge in [0.2, 0.25) is 5.88 Å². The van der Waals surface area contributed by atoms with Gasteiger partial charge in [0, 0.05) is 29.1 Å². The minimum absolute atomic E-state index is 0.0817. The molecule has 0 aliphatic rings. The third kappa shape index (κ3) is 5.20. The molecule has 7 aromatic rings. The molecule has 4 aromatic carbocycles. The highest BCUT2D eigenvalue weighted by atomic mass is 16.5. The van der Waals surface area contributed by atoms with E-state index in [0.29, 0.717) is 5.88 Å². The Kier molecular flexibility index (Phi) is 7.16. The van der Waals surface area contributed by atoms with E-state index >= 15 is 0 Å². The van der Waals surface area contributed by atoms with Crippen molar-refractivity contribution in [1.29, 1.82) is 0 Å². The van der Waals surface area contributed by atoms with Crippen LogP contribution in [0, 0.1) is 20.8 Å². The first kappa shape index (κ1) is 29.4. The lowest BCUT2D eigenvalue weighted by molar-refractivity contribution is 0.385. The fourth-order valence-corrected chi connectivity index (χ4v) is 6.29. The Morgan fingerprint density at radius 3 is 2.20 bits per heavy atom. The van der Waals surface area contributed by atoms with E-state index in [2.05, 4.69) is 112 Å². The Balaban J connectivity index is 1.28. The zero-order valence-electron chi connectivity index (χ0n) is 27.4. The van der Waals surface area contributed by atoms with Crippen LogP contribution in [0.15, 0.2) is 103 Å². The number of aromatic nitrogens is 4. The van der Waals surface area contributed by atoms with Gasteiger partial charge in [0.25, 0.3) is 0 Å². The van der Waals surface area contributed by atoms with Crippen LogP contribution in [0.3, 0.4) is 0 Å². The van der Waals surface area contributed by atoms with Crippen molar-refractivity contribution in [3.63, 3.8) is 0 Å². The summed E-state index contributed by atoms with van der Waals surface area (Å²) in [5.41, 5.74) is 9.54. The molecule has 0 aliphatic heterocycles. The fraction of sp³-hybridized carbons (Fsp3) is 0.200. The van der Waals surface area contributed by atoms with Crippen LogP contribution < -0.4 is 9.47 Å². The monoisotopic (exact) mass is 606 g/mol. The molecule has 6 nitrogen and oxygen atoms in total. The van der Waals surface area contributed by atoms with E-state index in [1.165, 1.54) is 10.9 Å². The number of benzene rings is 4. The number of ether oxygens (including phenoxy) is 2. The molecule has 3 aromatic heterocycles. The molecule has 6 heteroatoms. The predicted molar refractivity (Wildman–Crippen MR) is 187 cm³/mol. The van der Waals surface area contributed by atoms with Crippen LogP contribution in [0.4, 0.5) is 0 Å². The van der Waals surface area contributed by atoms with Gasteiger partial charge in [0.1, 0.15) is 17.3 Å². The van der Waals surface area contributed by atoms with Gasteiger partial charge in [0.05, 0.1) is 35.1 Å². The lowest BCUT2D eigenvalue weighted by Crippen LogP contribution is -2.10. The van der Waals surface area contributed by atoms with Crippen molar-refractivity contribution in [1.82, 2.24) is 19.3 Å². The second-order valence-corrected chi connectivity index (χ2v) is 13.0. The number of hydrogen-bond donors (Lipinski definition) is 0. The summed E-state index contributed by atoms with van der Waals surface area (Å²) in [6.45, 7) is 12.9. The van der Waals surface area contributed by atoms with Gasteiger partial charge in [-0.2, -0.15) is 5.10 Å². The average Bonchev–Trinajstić information content (AvgIpc) is 3.54. The van der Waals surface area contributed by atoms with Crippen molar-refractivity contribution < 1.29 is 9.47 Å². The summed E-state index contributed by atoms with van der Waals surface area (Å²) in [5, 5.41) is 7.26. The van der Waals surface area contributed by atoms with E-state index in [1.54, 1.807) is 7.11 Å². The topological polar surface area (TPSA) is 54.1 Å². The van der Waals surface area contributed by atoms with Crippen LogP contribution in [0.25, 0.3) is 44.4 Å². The van der Waals surface area contributed by atoms with Gasteiger partial charge in [-0.1, -0.05) is 63.2 Å². The number of fused-ring (bicyclic) bond motifs is 3. The first-order valence-electron chi connectivity index (χ1n) is 15.6. The highest BCUT2D eigenvalue weighted by molar-refractivity contribution is 6.09. The zero-order chi connectivity index (χ0) is 32.2. The quantitative estimate of drug-likeness (QED) is 0.189. The molecule has 0 amide bonds. The van der Waals surface area contributed by atoms with Crippen molar-refractivity contribution in [3.8, 4) is 40.0 Å². The van der Waals surface area contributed by atoms with Crippen molar-refractivity contribution in [2.45, 2.75) is 47.0 Å². The molecule has 0 bridgehead atoms. The normalized spacial score (nSPS) is 11.8. The minimum atomic E-state index is 0.0817. The third-order valence-corrected chi connectivity index (χ3v) is 8.54. The molecular formula is C40H38N4O2. The molecule has 3 heterocycles. The van der Waals surface area contributed by atoms with Gasteiger partial charge in [-0.05, 0) is 90.9 Å². The molecule has 0 radical (unpaired) electrons. The second kappa shape index (κ2) is 11.2. The summed E-state index contributed by atoms with van der Waals surface area (Å²) < 4.78 is 16.6. The summed E-state index contributed by atoms with van der Waals surface area (Å²) in [6, 6.07) is 33.7. The third-order valence-electron chi connectivity index (χ3n) is 8.54. The van der Waals surface area contributed by atoms with E-state index in [1.807, 2.05) is 42.1 Å². The van der Waals surface area contributed by atoms with Crippen LogP contribution in [0.1, 0.15) is 43.2 Å². The summed E-state index contributed by atoms with van der Waals surface area (Å²) >= 11 is 0. The maximum atomic E-state index is 6.56. The number of hydrogen-bond acceptors (Lipinski definition) is 4. The summed E-state index contributed by atoms with van der Waals surface area (Å²) in [7, 11) is 1.70. The summed E-state index contributed by atoms with van der Waals surface area (Å²) in [6.07, 6.45) is 1.86. The van der Waals surface area contributed by atoms with Crippen LogP contribution in [0.2, 0.25) is 0 Å². The van der Waals surface area contributed by atoms with Crippen molar-refractivity contribution in [2.75, 3.05) is 7.11 Å². The molecule has 7 rings (SSSR count). The van der Waals surface area contributed by atoms with Crippen LogP contribution in [0.5, 0.6) is 17.4 Å². The van der Waals surface area contributed by atoms with Gasteiger partial charge in [-0.15, -0.1) is 0 Å². The van der Waals surface area contributed by atoms with Crippen molar-refractivity contribution in [3.05, 3.63) is 126 Å². The standard InChI is InChI=1S/C40H38N4O2/c1-25-18-19-41-37(22-25)43-35-11-9-8-10-33(35)34-17-16-31(24-36(34)43)46-32-21-26(2)20-30(23-32)44-39(45-7)38(27(3)42-44)28-12-14-29(15-13-28)40(4,5)6/h8-24H,1-7H3. The minimum Gasteiger partial charge on any atom is -0.480 e. The van der Waals surface area contributed by atoms with E-state index in [4.69, 9.17) is 19.6 Å². The molecular weight excluding hydrogens is 568 g/mol. The number of pyridine rings is 1. The lowest BCUT2D eigenvalue weighted by Gasteiger charge is -2.19. The second-order valence-electron chi connectivity index (χ2n) is 13.0. The molecule has 0 atom stereocenters. The van der Waals surface area contributed by atoms with E-state index in [-0.39, 0.29) is 5.41 Å². The first-order chi connectivity index (χ1) is 22.1. The highest BCUT2D eigenvalue weighted by Crippen LogP contribution is 2.39. The number of nitrogens with zero attached hydrogens (tertiary/aromatic N) is 4. The molecule has 230 valence electrons. The van der Waals surface area contributed by atoms with E-state index in [9.17, 15) is 0 Å². The maximum Gasteiger partial charge on any atom is 0.224 e. The Labute approximate surface area is 269 Å². The van der Waals surface area contributed by atoms with E-state index < -0.39 is 0 Å². The molecule has 0 unspecified atom stereocenters. The van der Waals surface area contributed by atoms with Gasteiger partial charge < -0.3 is 9.47 Å². The summed E-state index contributed by atoms with van der Waals surface area (Å²) in [4.78, 5) is 4.72. The van der Waals surface area contributed by atoms with Gasteiger partial charge >= 0.3 is 0 Å². The lowest BCUT2D eigenvalue weighted by atomic mass is 9.86. The van der Waals surface area contributed by atoms with Crippen LogP contribution >= 0.6 is 0 Å². The molecule has 0 N–H and O–H groups in total. The number of aryl methyl sites for hydroxylation is 3. The SMILES string of the molecule is COc1c(-c2ccc(C(C)(C)C)cc2)c(C)nn1-c1cc(C)cc(Oc2ccc3c4ccccc4n(-c4cc(C)ccn4)c3c2)c1. The van der Waals surface area contributed by atoms with Gasteiger partial charge in [-0.3, -0.25) is 4.57 Å². The maximum absolute atomic E-state index is 6.56. The number of rotatable bonds is 6. The number of para-hydroxylation sites is 1. The predicted octanol–water partition coefficient (Wildman–Crippen LogP) is 10.1. The average molecular weight is 607 g/mol. The smallest absolute Gasteiger partial charge is 0.224 e. The largest absolute Gasteiger partial charge is 0.480 e. The number of methoxy groups -OCH3 is 1. The first-order valence-corrected chi connectivity index (χ1v) is 15.6. The zero-order valence-corrected chi connectivity index (χ0v) is 27.4. The molecule has 0 saturated carbocycles. The Morgan fingerprint density at radius 2 is 1.46 bits per heavy atom.